The summed E-state index contributed by atoms with van der Waals surface area (Å²) in [5, 5.41) is 0. The smallest absolute Gasteiger partial charge is 0.144 e. The maximum Gasteiger partial charge on any atom is 0.144 e. The molecule has 0 saturated heterocycles. The molecule has 0 spiro atoms. The molecule has 114 valence electrons. The van der Waals surface area contributed by atoms with Gasteiger partial charge in [0.05, 0.1) is 5.41 Å². The van der Waals surface area contributed by atoms with E-state index >= 15 is 0 Å². The topological polar surface area (TPSA) is 17.1 Å². The van der Waals surface area contributed by atoms with E-state index in [1.54, 1.807) is 6.92 Å². The Bertz CT molecular complexity index is 551. The molecule has 2 rings (SSSR count). The number of ketones is 1. The van der Waals surface area contributed by atoms with Gasteiger partial charge in [-0.3, -0.25) is 4.79 Å². The largest absolute Gasteiger partial charge is 0.299 e. The van der Waals surface area contributed by atoms with Gasteiger partial charge in [0.15, 0.2) is 0 Å². The maximum atomic E-state index is 12.4. The van der Waals surface area contributed by atoms with Crippen molar-refractivity contribution in [3.63, 3.8) is 0 Å². The molecular weight excluding hydrogens is 256 g/mol. The molecule has 1 aliphatic rings. The number of hydrogen-bond donors (Lipinski definition) is 0. The van der Waals surface area contributed by atoms with Crippen molar-refractivity contribution >= 4 is 11.4 Å². The van der Waals surface area contributed by atoms with E-state index in [2.05, 4.69) is 45.6 Å². The molecule has 0 amide bonds. The van der Waals surface area contributed by atoms with E-state index in [-0.39, 0.29) is 5.78 Å². The average Bonchev–Trinajstić information content (AvgIpc) is 2.71. The zero-order valence-corrected chi connectivity index (χ0v) is 14.1. The lowest BCUT2D eigenvalue weighted by atomic mass is 9.71. The third-order valence-corrected chi connectivity index (χ3v) is 4.01. The van der Waals surface area contributed by atoms with E-state index in [4.69, 9.17) is 0 Å². The van der Waals surface area contributed by atoms with Gasteiger partial charge < -0.3 is 0 Å². The molecule has 0 aromatic heterocycles. The minimum Gasteiger partial charge on any atom is -0.299 e. The van der Waals surface area contributed by atoms with Gasteiger partial charge in [0, 0.05) is 0 Å². The Kier molecular flexibility index (Phi) is 6.14. The van der Waals surface area contributed by atoms with Crippen LogP contribution in [0.25, 0.3) is 5.57 Å². The number of Topliss-reactive ketones (excluding diaryl/α,β-unsaturated/α-hetero) is 1. The Morgan fingerprint density at radius 3 is 2.29 bits per heavy atom. The fourth-order valence-corrected chi connectivity index (χ4v) is 3.29. The lowest BCUT2D eigenvalue weighted by molar-refractivity contribution is -0.121. The van der Waals surface area contributed by atoms with Gasteiger partial charge in [-0.15, -0.1) is 0 Å². The van der Waals surface area contributed by atoms with Crippen LogP contribution in [0.4, 0.5) is 0 Å². The molecule has 0 heterocycles. The van der Waals surface area contributed by atoms with Crippen LogP contribution in [0, 0.1) is 0 Å². The van der Waals surface area contributed by atoms with Gasteiger partial charge in [-0.2, -0.15) is 0 Å². The lowest BCUT2D eigenvalue weighted by Gasteiger charge is -2.29. The zero-order valence-electron chi connectivity index (χ0n) is 14.1. The summed E-state index contributed by atoms with van der Waals surface area (Å²) in [5.74, 6) is 0.226. The van der Waals surface area contributed by atoms with Crippen LogP contribution in [-0.4, -0.2) is 5.78 Å². The Balaban J connectivity index is 0.000000677. The van der Waals surface area contributed by atoms with Crippen molar-refractivity contribution in [1.82, 2.24) is 0 Å². The lowest BCUT2D eigenvalue weighted by Crippen LogP contribution is -2.33. The van der Waals surface area contributed by atoms with Crippen LogP contribution in [0.2, 0.25) is 0 Å². The molecule has 21 heavy (non-hydrogen) atoms. The molecule has 1 aliphatic carbocycles. The van der Waals surface area contributed by atoms with Gasteiger partial charge in [-0.1, -0.05) is 70.5 Å². The summed E-state index contributed by atoms with van der Waals surface area (Å²) in [6, 6.07) is 8.17. The standard InChI is InChI=1S/C17H20O.C3H8/c1-5-11-17(13(4)18)15(6-2)12(3)14-9-7-8-10-16(14)17;1-3-2/h6-10H,3,5,11H2,1-2,4H3;3H2,1-2H3/b15-6+;. The highest BCUT2D eigenvalue weighted by Gasteiger charge is 2.47. The number of benzene rings is 1. The van der Waals surface area contributed by atoms with Crippen LogP contribution in [-0.2, 0) is 10.2 Å². The van der Waals surface area contributed by atoms with Crippen LogP contribution in [0.5, 0.6) is 0 Å². The Hall–Kier alpha value is -1.63. The summed E-state index contributed by atoms with van der Waals surface area (Å²) in [7, 11) is 0. The van der Waals surface area contributed by atoms with Crippen LogP contribution in [0.1, 0.15) is 65.0 Å². The minimum atomic E-state index is -0.461. The van der Waals surface area contributed by atoms with Crippen LogP contribution >= 0.6 is 0 Å². The van der Waals surface area contributed by atoms with Gasteiger partial charge in [-0.05, 0) is 42.5 Å². The van der Waals surface area contributed by atoms with Gasteiger partial charge in [0.2, 0.25) is 0 Å². The highest BCUT2D eigenvalue weighted by Crippen LogP contribution is 2.52. The van der Waals surface area contributed by atoms with E-state index in [9.17, 15) is 4.79 Å². The summed E-state index contributed by atoms with van der Waals surface area (Å²) in [6.45, 7) is 14.3. The highest BCUT2D eigenvalue weighted by atomic mass is 16.1. The molecule has 0 aliphatic heterocycles. The normalized spacial score (nSPS) is 21.8. The van der Waals surface area contributed by atoms with Crippen molar-refractivity contribution in [2.75, 3.05) is 0 Å². The summed E-state index contributed by atoms with van der Waals surface area (Å²) < 4.78 is 0. The first-order valence-corrected chi connectivity index (χ1v) is 7.98. The first kappa shape index (κ1) is 17.4. The van der Waals surface area contributed by atoms with E-state index in [0.29, 0.717) is 0 Å². The molecule has 1 aromatic carbocycles. The molecule has 1 unspecified atom stereocenters. The molecule has 1 atom stereocenters. The number of allylic oxidation sites excluding steroid dienone is 3. The second-order valence-corrected chi connectivity index (χ2v) is 5.65. The van der Waals surface area contributed by atoms with E-state index < -0.39 is 5.41 Å². The molecule has 1 nitrogen and oxygen atoms in total. The monoisotopic (exact) mass is 284 g/mol. The Morgan fingerprint density at radius 1 is 1.24 bits per heavy atom. The average molecular weight is 284 g/mol. The number of carbonyl (C=O) groups is 1. The van der Waals surface area contributed by atoms with Crippen molar-refractivity contribution in [1.29, 1.82) is 0 Å². The first-order chi connectivity index (χ1) is 10.0. The van der Waals surface area contributed by atoms with Crippen LogP contribution in [0.3, 0.4) is 0 Å². The molecule has 1 aromatic rings. The van der Waals surface area contributed by atoms with E-state index in [1.807, 2.05) is 19.1 Å². The molecule has 0 bridgehead atoms. The van der Waals surface area contributed by atoms with Crippen LogP contribution < -0.4 is 0 Å². The third-order valence-electron chi connectivity index (χ3n) is 4.01. The first-order valence-electron chi connectivity index (χ1n) is 7.98. The van der Waals surface area contributed by atoms with Gasteiger partial charge in [0.1, 0.15) is 5.78 Å². The van der Waals surface area contributed by atoms with Gasteiger partial charge in [-0.25, -0.2) is 0 Å². The van der Waals surface area contributed by atoms with Crippen molar-refractivity contribution in [3.8, 4) is 0 Å². The fraction of sp³-hybridized carbons (Fsp3) is 0.450. The predicted molar refractivity (Wildman–Crippen MR) is 92.5 cm³/mol. The molecular formula is C20H28O. The third kappa shape index (κ3) is 2.88. The predicted octanol–water partition coefficient (Wildman–Crippen LogP) is 5.70. The number of rotatable bonds is 3. The molecule has 0 radical (unpaired) electrons. The number of fused-ring (bicyclic) bond motifs is 1. The second-order valence-electron chi connectivity index (χ2n) is 5.65. The van der Waals surface area contributed by atoms with Gasteiger partial charge in [0.25, 0.3) is 0 Å². The summed E-state index contributed by atoms with van der Waals surface area (Å²) >= 11 is 0. The van der Waals surface area contributed by atoms with E-state index in [1.165, 1.54) is 6.42 Å². The molecule has 0 saturated carbocycles. The van der Waals surface area contributed by atoms with E-state index in [0.717, 1.165) is 35.1 Å². The quantitative estimate of drug-likeness (QED) is 0.695. The number of hydrogen-bond acceptors (Lipinski definition) is 1. The van der Waals surface area contributed by atoms with Crippen molar-refractivity contribution in [3.05, 3.63) is 53.6 Å². The molecule has 0 N–H and O–H groups in total. The Morgan fingerprint density at radius 2 is 1.81 bits per heavy atom. The molecule has 0 fully saturated rings. The second kappa shape index (κ2) is 7.40. The SMILES string of the molecule is C=C1/C(=C\C)C(CCC)(C(C)=O)c2ccccc21.CCC. The summed E-state index contributed by atoms with van der Waals surface area (Å²) in [6.07, 6.45) is 5.15. The van der Waals surface area contributed by atoms with Crippen molar-refractivity contribution in [2.24, 2.45) is 0 Å². The highest BCUT2D eigenvalue weighted by molar-refractivity contribution is 6.04. The minimum absolute atomic E-state index is 0.226. The van der Waals surface area contributed by atoms with Crippen molar-refractivity contribution < 1.29 is 4.79 Å². The van der Waals surface area contributed by atoms with Crippen molar-refractivity contribution in [2.45, 2.75) is 59.3 Å². The fourth-order valence-electron chi connectivity index (χ4n) is 3.29. The zero-order chi connectivity index (χ0) is 16.0. The Labute approximate surface area is 129 Å². The van der Waals surface area contributed by atoms with Crippen LogP contribution in [0.15, 0.2) is 42.5 Å². The summed E-state index contributed by atoms with van der Waals surface area (Å²) in [5.41, 5.74) is 3.92. The maximum absolute atomic E-state index is 12.4. The number of carbonyl (C=O) groups excluding carboxylic acids is 1. The molecule has 1 heteroatoms. The summed E-state index contributed by atoms with van der Waals surface area (Å²) in [4.78, 5) is 12.4. The van der Waals surface area contributed by atoms with Gasteiger partial charge >= 0.3 is 0 Å².